The minimum Gasteiger partial charge on any atom is -0.478 e. The van der Waals surface area contributed by atoms with E-state index in [2.05, 4.69) is 31.1 Å². The van der Waals surface area contributed by atoms with E-state index in [4.69, 9.17) is 0 Å². The van der Waals surface area contributed by atoms with E-state index in [1.807, 2.05) is 0 Å². The first-order valence-corrected chi connectivity index (χ1v) is 7.05. The molecule has 0 fully saturated rings. The number of hydrogen-bond acceptors (Lipinski definition) is 3. The average Bonchev–Trinajstić information content (AvgIpc) is 2.81. The molecule has 0 aliphatic heterocycles. The fourth-order valence-electron chi connectivity index (χ4n) is 2.66. The first-order valence-electron chi connectivity index (χ1n) is 7.05. The highest BCUT2D eigenvalue weighted by atomic mass is 16.4. The molecule has 104 valence electrons. The Balaban J connectivity index is 2.35. The molecule has 2 N–H and O–H groups in total. The van der Waals surface area contributed by atoms with E-state index >= 15 is 0 Å². The molecule has 0 aromatic carbocycles. The Labute approximate surface area is 114 Å². The number of aryl methyl sites for hydroxylation is 2. The van der Waals surface area contributed by atoms with Gasteiger partial charge in [-0.3, -0.25) is 0 Å². The van der Waals surface area contributed by atoms with Crippen LogP contribution in [0.4, 0.5) is 5.82 Å². The minimum absolute atomic E-state index is 0.255. The van der Waals surface area contributed by atoms with E-state index in [-0.39, 0.29) is 6.04 Å². The molecule has 1 aromatic rings. The number of anilines is 1. The first-order chi connectivity index (χ1) is 9.02. The summed E-state index contributed by atoms with van der Waals surface area (Å²) in [7, 11) is 0. The van der Waals surface area contributed by atoms with Gasteiger partial charge >= 0.3 is 5.97 Å². The van der Waals surface area contributed by atoms with E-state index in [1.165, 1.54) is 0 Å². The van der Waals surface area contributed by atoms with Crippen molar-refractivity contribution >= 4 is 11.8 Å². The Morgan fingerprint density at radius 1 is 1.47 bits per heavy atom. The van der Waals surface area contributed by atoms with Crippen LogP contribution in [0.25, 0.3) is 0 Å². The summed E-state index contributed by atoms with van der Waals surface area (Å²) in [6.45, 7) is 6.37. The Hall–Kier alpha value is -1.58. The van der Waals surface area contributed by atoms with Gasteiger partial charge in [-0.25, -0.2) is 9.78 Å². The normalized spacial score (nSPS) is 15.4. The van der Waals surface area contributed by atoms with Crippen molar-refractivity contribution in [1.82, 2.24) is 4.98 Å². The summed E-state index contributed by atoms with van der Waals surface area (Å²) < 4.78 is 0. The van der Waals surface area contributed by atoms with Gasteiger partial charge in [0.25, 0.3) is 0 Å². The van der Waals surface area contributed by atoms with Crippen molar-refractivity contribution in [1.29, 1.82) is 0 Å². The highest BCUT2D eigenvalue weighted by Crippen LogP contribution is 2.26. The van der Waals surface area contributed by atoms with Crippen LogP contribution in [0.15, 0.2) is 6.07 Å². The molecule has 1 aliphatic carbocycles. The number of pyridine rings is 1. The summed E-state index contributed by atoms with van der Waals surface area (Å²) in [6.07, 6.45) is 3.94. The predicted octanol–water partition coefficient (Wildman–Crippen LogP) is 3.12. The Morgan fingerprint density at radius 2 is 2.21 bits per heavy atom. The fourth-order valence-corrected chi connectivity index (χ4v) is 2.66. The monoisotopic (exact) mass is 262 g/mol. The fraction of sp³-hybridized carbons (Fsp3) is 0.600. The number of carbonyl (C=O) groups is 1. The maximum Gasteiger partial charge on any atom is 0.339 e. The van der Waals surface area contributed by atoms with Gasteiger partial charge in [0.15, 0.2) is 0 Å². The zero-order chi connectivity index (χ0) is 14.0. The lowest BCUT2D eigenvalue weighted by Gasteiger charge is -2.22. The molecule has 0 amide bonds. The number of nitrogens with zero attached hydrogens (tertiary/aromatic N) is 1. The molecule has 1 atom stereocenters. The number of hydrogen-bond donors (Lipinski definition) is 2. The largest absolute Gasteiger partial charge is 0.478 e. The molecule has 0 radical (unpaired) electrons. The molecule has 0 bridgehead atoms. The topological polar surface area (TPSA) is 62.2 Å². The van der Waals surface area contributed by atoms with Gasteiger partial charge in [-0.2, -0.15) is 0 Å². The third-order valence-electron chi connectivity index (χ3n) is 3.85. The molecule has 0 saturated carbocycles. The first kappa shape index (κ1) is 13.8. The quantitative estimate of drug-likeness (QED) is 0.856. The lowest BCUT2D eigenvalue weighted by atomic mass is 10.0. The van der Waals surface area contributed by atoms with Crippen LogP contribution in [-0.4, -0.2) is 22.1 Å². The van der Waals surface area contributed by atoms with Crippen LogP contribution in [0.5, 0.6) is 0 Å². The van der Waals surface area contributed by atoms with E-state index < -0.39 is 5.97 Å². The molecule has 1 unspecified atom stereocenters. The van der Waals surface area contributed by atoms with Gasteiger partial charge in [-0.05, 0) is 43.2 Å². The van der Waals surface area contributed by atoms with Crippen LogP contribution in [0.3, 0.4) is 0 Å². The maximum absolute atomic E-state index is 11.4. The van der Waals surface area contributed by atoms with Crippen molar-refractivity contribution in [2.24, 2.45) is 5.92 Å². The van der Waals surface area contributed by atoms with E-state index in [0.717, 1.165) is 36.9 Å². The molecular weight excluding hydrogens is 240 g/mol. The van der Waals surface area contributed by atoms with Gasteiger partial charge in [0.1, 0.15) is 11.4 Å². The summed E-state index contributed by atoms with van der Waals surface area (Å²) in [5.41, 5.74) is 2.46. The molecule has 0 saturated heterocycles. The number of aromatic nitrogens is 1. The second kappa shape index (κ2) is 5.59. The predicted molar refractivity (Wildman–Crippen MR) is 75.8 cm³/mol. The zero-order valence-corrected chi connectivity index (χ0v) is 11.9. The van der Waals surface area contributed by atoms with Crippen molar-refractivity contribution in [3.8, 4) is 0 Å². The van der Waals surface area contributed by atoms with E-state index in [9.17, 15) is 9.90 Å². The Kier molecular flexibility index (Phi) is 4.08. The van der Waals surface area contributed by atoms with Crippen LogP contribution >= 0.6 is 0 Å². The molecule has 1 aliphatic rings. The second-order valence-electron chi connectivity index (χ2n) is 5.55. The Bertz CT molecular complexity index is 483. The number of aromatic carboxylic acids is 1. The molecule has 4 nitrogen and oxygen atoms in total. The zero-order valence-electron chi connectivity index (χ0n) is 11.9. The minimum atomic E-state index is -0.900. The van der Waals surface area contributed by atoms with Crippen molar-refractivity contribution in [2.45, 2.75) is 52.5 Å². The van der Waals surface area contributed by atoms with E-state index in [1.54, 1.807) is 6.07 Å². The highest BCUT2D eigenvalue weighted by molar-refractivity contribution is 5.93. The SMILES string of the molecule is CCC(Nc1nc2c(cc1C(=O)O)CCC2)C(C)C. The van der Waals surface area contributed by atoms with Crippen molar-refractivity contribution in [3.05, 3.63) is 22.9 Å². The highest BCUT2D eigenvalue weighted by Gasteiger charge is 2.22. The number of rotatable bonds is 5. The van der Waals surface area contributed by atoms with Gasteiger partial charge in [0.05, 0.1) is 0 Å². The number of carboxylic acid groups (broad SMARTS) is 1. The molecule has 2 rings (SSSR count). The van der Waals surface area contributed by atoms with Gasteiger partial charge in [0, 0.05) is 11.7 Å². The standard InChI is InChI=1S/C15H22N2O2/c1-4-12(9(2)3)16-14-11(15(18)19)8-10-6-5-7-13(10)17-14/h8-9,12H,4-7H2,1-3H3,(H,16,17)(H,18,19). The third kappa shape index (κ3) is 2.88. The summed E-state index contributed by atoms with van der Waals surface area (Å²) in [6, 6.07) is 2.05. The number of carboxylic acids is 1. The van der Waals surface area contributed by atoms with Gasteiger partial charge < -0.3 is 10.4 Å². The van der Waals surface area contributed by atoms with Crippen LogP contribution < -0.4 is 5.32 Å². The molecule has 4 heteroatoms. The van der Waals surface area contributed by atoms with Crippen LogP contribution in [0, 0.1) is 5.92 Å². The lowest BCUT2D eigenvalue weighted by Crippen LogP contribution is -2.26. The van der Waals surface area contributed by atoms with Gasteiger partial charge in [-0.1, -0.05) is 20.8 Å². The van der Waals surface area contributed by atoms with Crippen LogP contribution in [0.1, 0.15) is 55.2 Å². The third-order valence-corrected chi connectivity index (χ3v) is 3.85. The average molecular weight is 262 g/mol. The van der Waals surface area contributed by atoms with Crippen LogP contribution in [0.2, 0.25) is 0 Å². The molecular formula is C15H22N2O2. The number of fused-ring (bicyclic) bond motifs is 1. The summed E-state index contributed by atoms with van der Waals surface area (Å²) in [4.78, 5) is 15.9. The van der Waals surface area contributed by atoms with Crippen molar-refractivity contribution in [2.75, 3.05) is 5.32 Å². The van der Waals surface area contributed by atoms with Gasteiger partial charge in [0.2, 0.25) is 0 Å². The maximum atomic E-state index is 11.4. The molecule has 1 aromatic heterocycles. The van der Waals surface area contributed by atoms with E-state index in [0.29, 0.717) is 17.3 Å². The second-order valence-corrected chi connectivity index (χ2v) is 5.55. The van der Waals surface area contributed by atoms with Crippen LogP contribution in [-0.2, 0) is 12.8 Å². The van der Waals surface area contributed by atoms with Gasteiger partial charge in [-0.15, -0.1) is 0 Å². The Morgan fingerprint density at radius 3 is 2.79 bits per heavy atom. The molecule has 19 heavy (non-hydrogen) atoms. The lowest BCUT2D eigenvalue weighted by molar-refractivity contribution is 0.0697. The molecule has 0 spiro atoms. The smallest absolute Gasteiger partial charge is 0.339 e. The number of nitrogens with one attached hydrogen (secondary N) is 1. The summed E-state index contributed by atoms with van der Waals surface area (Å²) in [5, 5.41) is 12.7. The molecule has 1 heterocycles. The van der Waals surface area contributed by atoms with Crippen molar-refractivity contribution < 1.29 is 9.90 Å². The summed E-state index contributed by atoms with van der Waals surface area (Å²) >= 11 is 0. The summed E-state index contributed by atoms with van der Waals surface area (Å²) in [5.74, 6) is 0.0821. The van der Waals surface area contributed by atoms with Crippen molar-refractivity contribution in [3.63, 3.8) is 0 Å².